The third-order valence-corrected chi connectivity index (χ3v) is 4.44. The molecular weight excluding hydrogens is 402 g/mol. The van der Waals surface area contributed by atoms with Crippen LogP contribution in [0.25, 0.3) is 11.0 Å². The predicted octanol–water partition coefficient (Wildman–Crippen LogP) is 5.18. The molecular formula is C22H18ClN5O2. The van der Waals surface area contributed by atoms with Gasteiger partial charge < -0.3 is 21.1 Å². The van der Waals surface area contributed by atoms with E-state index in [2.05, 4.69) is 20.6 Å². The quantitative estimate of drug-likeness (QED) is 0.413. The molecule has 0 aliphatic rings. The van der Waals surface area contributed by atoms with Gasteiger partial charge in [0.15, 0.2) is 0 Å². The van der Waals surface area contributed by atoms with Crippen LogP contribution in [0.4, 0.5) is 16.2 Å². The van der Waals surface area contributed by atoms with Gasteiger partial charge in [-0.2, -0.15) is 0 Å². The molecule has 7 nitrogen and oxygen atoms in total. The van der Waals surface area contributed by atoms with E-state index >= 15 is 0 Å². The van der Waals surface area contributed by atoms with Gasteiger partial charge in [0.05, 0.1) is 22.9 Å². The lowest BCUT2D eigenvalue weighted by Crippen LogP contribution is -2.19. The number of hydrogen-bond acceptors (Lipinski definition) is 5. The molecule has 3 aromatic carbocycles. The number of anilines is 2. The van der Waals surface area contributed by atoms with Gasteiger partial charge in [-0.05, 0) is 54.6 Å². The van der Waals surface area contributed by atoms with Gasteiger partial charge in [0.25, 0.3) is 0 Å². The van der Waals surface area contributed by atoms with Crippen LogP contribution in [0.1, 0.15) is 5.69 Å². The lowest BCUT2D eigenvalue weighted by atomic mass is 10.2. The second kappa shape index (κ2) is 8.77. The minimum atomic E-state index is -0.366. The molecule has 0 aliphatic carbocycles. The second-order valence-electron chi connectivity index (χ2n) is 6.43. The first kappa shape index (κ1) is 19.6. The average molecular weight is 420 g/mol. The van der Waals surface area contributed by atoms with E-state index in [-0.39, 0.29) is 6.03 Å². The fourth-order valence-electron chi connectivity index (χ4n) is 2.79. The summed E-state index contributed by atoms with van der Waals surface area (Å²) in [6.07, 6.45) is 1.66. The fraction of sp³-hybridized carbons (Fsp3) is 0.0455. The third kappa shape index (κ3) is 4.83. The predicted molar refractivity (Wildman–Crippen MR) is 118 cm³/mol. The van der Waals surface area contributed by atoms with E-state index in [1.54, 1.807) is 54.7 Å². The number of urea groups is 1. The molecule has 0 unspecified atom stereocenters. The number of nitrogens with two attached hydrogens (primary N) is 1. The standard InChI is InChI=1S/C22H18ClN5O2/c23-14-2-1-3-16(10-14)28-22(29)27-15-4-6-18(7-5-15)30-19-8-9-20-21(11-19)26-17(12-24)13-25-20/h1-11,13H,12,24H2,(H2,27,28,29). The van der Waals surface area contributed by atoms with E-state index < -0.39 is 0 Å². The number of nitrogens with zero attached hydrogens (tertiary/aromatic N) is 2. The van der Waals surface area contributed by atoms with Crippen molar-refractivity contribution >= 4 is 40.0 Å². The van der Waals surface area contributed by atoms with Crippen molar-refractivity contribution in [3.8, 4) is 11.5 Å². The molecule has 0 fully saturated rings. The number of carbonyl (C=O) groups excluding carboxylic acids is 1. The molecule has 8 heteroatoms. The number of hydrogen-bond donors (Lipinski definition) is 3. The SMILES string of the molecule is NCc1cnc2ccc(Oc3ccc(NC(=O)Nc4cccc(Cl)c4)cc3)cc2n1. The highest BCUT2D eigenvalue weighted by Gasteiger charge is 2.06. The molecule has 2 amide bonds. The van der Waals surface area contributed by atoms with Crippen LogP contribution in [-0.2, 0) is 6.54 Å². The number of carbonyl (C=O) groups is 1. The van der Waals surface area contributed by atoms with Crippen LogP contribution in [-0.4, -0.2) is 16.0 Å². The molecule has 4 aromatic rings. The Labute approximate surface area is 177 Å². The molecule has 0 bridgehead atoms. The van der Waals surface area contributed by atoms with Gasteiger partial charge in [0, 0.05) is 29.0 Å². The molecule has 30 heavy (non-hydrogen) atoms. The first-order chi connectivity index (χ1) is 14.6. The Morgan fingerprint density at radius 3 is 2.47 bits per heavy atom. The van der Waals surface area contributed by atoms with Crippen molar-refractivity contribution in [2.75, 3.05) is 10.6 Å². The minimum absolute atomic E-state index is 0.327. The monoisotopic (exact) mass is 419 g/mol. The summed E-state index contributed by atoms with van der Waals surface area (Å²) < 4.78 is 5.89. The Bertz CT molecular complexity index is 1200. The van der Waals surface area contributed by atoms with Crippen LogP contribution in [0, 0.1) is 0 Å². The summed E-state index contributed by atoms with van der Waals surface area (Å²) in [6.45, 7) is 0.327. The second-order valence-corrected chi connectivity index (χ2v) is 6.87. The zero-order valence-electron chi connectivity index (χ0n) is 15.8. The Morgan fingerprint density at radius 1 is 0.933 bits per heavy atom. The molecule has 0 atom stereocenters. The number of rotatable bonds is 5. The van der Waals surface area contributed by atoms with Crippen LogP contribution in [0.5, 0.6) is 11.5 Å². The van der Waals surface area contributed by atoms with Gasteiger partial charge in [-0.1, -0.05) is 17.7 Å². The van der Waals surface area contributed by atoms with Crippen molar-refractivity contribution in [1.29, 1.82) is 0 Å². The first-order valence-corrected chi connectivity index (χ1v) is 9.54. The summed E-state index contributed by atoms with van der Waals surface area (Å²) in [5.41, 5.74) is 9.06. The summed E-state index contributed by atoms with van der Waals surface area (Å²) in [4.78, 5) is 20.9. The highest BCUT2D eigenvalue weighted by atomic mass is 35.5. The topological polar surface area (TPSA) is 102 Å². The van der Waals surface area contributed by atoms with E-state index in [1.165, 1.54) is 0 Å². The summed E-state index contributed by atoms with van der Waals surface area (Å²) in [7, 11) is 0. The largest absolute Gasteiger partial charge is 0.457 e. The van der Waals surface area contributed by atoms with E-state index in [4.69, 9.17) is 22.1 Å². The Balaban J connectivity index is 1.41. The summed E-state index contributed by atoms with van der Waals surface area (Å²) >= 11 is 5.92. The first-order valence-electron chi connectivity index (χ1n) is 9.16. The lowest BCUT2D eigenvalue weighted by molar-refractivity contribution is 0.262. The molecule has 0 saturated carbocycles. The van der Waals surface area contributed by atoms with Crippen LogP contribution < -0.4 is 21.1 Å². The number of benzene rings is 3. The van der Waals surface area contributed by atoms with Gasteiger partial charge in [0.2, 0.25) is 0 Å². The van der Waals surface area contributed by atoms with Crippen molar-refractivity contribution in [3.63, 3.8) is 0 Å². The molecule has 0 saturated heterocycles. The van der Waals surface area contributed by atoms with Crippen molar-refractivity contribution in [3.05, 3.63) is 83.6 Å². The van der Waals surface area contributed by atoms with Crippen LogP contribution in [0.3, 0.4) is 0 Å². The maximum atomic E-state index is 12.1. The normalized spacial score (nSPS) is 10.6. The van der Waals surface area contributed by atoms with Crippen molar-refractivity contribution in [1.82, 2.24) is 9.97 Å². The number of fused-ring (bicyclic) bond motifs is 1. The van der Waals surface area contributed by atoms with E-state index in [0.29, 0.717) is 45.7 Å². The molecule has 1 heterocycles. The van der Waals surface area contributed by atoms with Crippen molar-refractivity contribution < 1.29 is 9.53 Å². The van der Waals surface area contributed by atoms with Gasteiger partial charge >= 0.3 is 6.03 Å². The number of aromatic nitrogens is 2. The van der Waals surface area contributed by atoms with Crippen LogP contribution in [0.2, 0.25) is 5.02 Å². The highest BCUT2D eigenvalue weighted by molar-refractivity contribution is 6.30. The number of nitrogens with one attached hydrogen (secondary N) is 2. The van der Waals surface area contributed by atoms with Crippen LogP contribution >= 0.6 is 11.6 Å². The van der Waals surface area contributed by atoms with E-state index in [1.807, 2.05) is 18.2 Å². The zero-order chi connectivity index (χ0) is 20.9. The van der Waals surface area contributed by atoms with E-state index in [0.717, 1.165) is 5.52 Å². The molecule has 0 radical (unpaired) electrons. The number of halogens is 1. The molecule has 0 aliphatic heterocycles. The molecule has 1 aromatic heterocycles. The summed E-state index contributed by atoms with van der Waals surface area (Å²) in [6, 6.07) is 19.1. The summed E-state index contributed by atoms with van der Waals surface area (Å²) in [5, 5.41) is 6.03. The van der Waals surface area contributed by atoms with Crippen LogP contribution in [0.15, 0.2) is 72.9 Å². The lowest BCUT2D eigenvalue weighted by Gasteiger charge is -2.10. The van der Waals surface area contributed by atoms with Gasteiger partial charge in [0.1, 0.15) is 11.5 Å². The zero-order valence-corrected chi connectivity index (χ0v) is 16.6. The minimum Gasteiger partial charge on any atom is -0.457 e. The average Bonchev–Trinajstić information content (AvgIpc) is 2.74. The van der Waals surface area contributed by atoms with Crippen molar-refractivity contribution in [2.24, 2.45) is 5.73 Å². The molecule has 150 valence electrons. The highest BCUT2D eigenvalue weighted by Crippen LogP contribution is 2.25. The molecule has 4 rings (SSSR count). The third-order valence-electron chi connectivity index (χ3n) is 4.20. The van der Waals surface area contributed by atoms with Gasteiger partial charge in [-0.25, -0.2) is 9.78 Å². The molecule has 4 N–H and O–H groups in total. The number of amides is 2. The Kier molecular flexibility index (Phi) is 5.74. The fourth-order valence-corrected chi connectivity index (χ4v) is 2.98. The smallest absolute Gasteiger partial charge is 0.323 e. The molecule has 0 spiro atoms. The van der Waals surface area contributed by atoms with E-state index in [9.17, 15) is 4.79 Å². The maximum absolute atomic E-state index is 12.1. The maximum Gasteiger partial charge on any atom is 0.323 e. The number of ether oxygens (including phenoxy) is 1. The van der Waals surface area contributed by atoms with Crippen molar-refractivity contribution in [2.45, 2.75) is 6.54 Å². The van der Waals surface area contributed by atoms with Gasteiger partial charge in [-0.15, -0.1) is 0 Å². The van der Waals surface area contributed by atoms with Gasteiger partial charge in [-0.3, -0.25) is 4.98 Å². The summed E-state index contributed by atoms with van der Waals surface area (Å²) in [5.74, 6) is 1.25. The Morgan fingerprint density at radius 2 is 1.70 bits per heavy atom. The Hall–Kier alpha value is -3.68.